The van der Waals surface area contributed by atoms with Gasteiger partial charge in [0.05, 0.1) is 18.5 Å². The molecule has 0 aliphatic carbocycles. The van der Waals surface area contributed by atoms with E-state index in [1.165, 1.54) is 4.68 Å². The number of hydrogen-bond donors (Lipinski definition) is 0. The lowest BCUT2D eigenvalue weighted by molar-refractivity contribution is -0.130. The molecule has 2 heterocycles. The second kappa shape index (κ2) is 9.32. The predicted octanol–water partition coefficient (Wildman–Crippen LogP) is 1.29. The van der Waals surface area contributed by atoms with Gasteiger partial charge in [-0.3, -0.25) is 19.3 Å². The summed E-state index contributed by atoms with van der Waals surface area (Å²) in [4.78, 5) is 43.8. The molecule has 0 atom stereocenters. The van der Waals surface area contributed by atoms with Crippen LogP contribution < -0.4 is 5.56 Å². The van der Waals surface area contributed by atoms with E-state index in [-0.39, 0.29) is 23.1 Å². The van der Waals surface area contributed by atoms with E-state index >= 15 is 0 Å². The number of likely N-dealkylation sites (N-methyl/N-ethyl adjacent to an activating group) is 1. The molecule has 1 aliphatic rings. The summed E-state index contributed by atoms with van der Waals surface area (Å²) in [5.41, 5.74) is 1.01. The van der Waals surface area contributed by atoms with Crippen LogP contribution in [0.3, 0.4) is 0 Å². The van der Waals surface area contributed by atoms with Crippen LogP contribution in [0.5, 0.6) is 0 Å². The van der Waals surface area contributed by atoms with Crippen molar-refractivity contribution in [2.45, 2.75) is 6.54 Å². The quantitative estimate of drug-likeness (QED) is 0.606. The van der Waals surface area contributed by atoms with Gasteiger partial charge < -0.3 is 9.80 Å². The summed E-state index contributed by atoms with van der Waals surface area (Å²) < 4.78 is 1.37. The van der Waals surface area contributed by atoms with Crippen molar-refractivity contribution in [3.05, 3.63) is 76.2 Å². The molecule has 2 amide bonds. The Bertz CT molecular complexity index is 1180. The van der Waals surface area contributed by atoms with E-state index in [2.05, 4.69) is 5.10 Å². The molecule has 1 aliphatic heterocycles. The van der Waals surface area contributed by atoms with Gasteiger partial charge in [0, 0.05) is 45.7 Å². The van der Waals surface area contributed by atoms with Crippen molar-refractivity contribution >= 4 is 22.6 Å². The Balaban J connectivity index is 1.59. The van der Waals surface area contributed by atoms with Gasteiger partial charge in [-0.25, -0.2) is 4.68 Å². The van der Waals surface area contributed by atoms with Crippen LogP contribution in [0.2, 0.25) is 0 Å². The molecule has 0 N–H and O–H groups in total. The highest BCUT2D eigenvalue weighted by Crippen LogP contribution is 2.17. The monoisotopic (exact) mass is 433 g/mol. The highest BCUT2D eigenvalue weighted by Gasteiger charge is 2.26. The maximum absolute atomic E-state index is 13.4. The molecule has 0 bridgehead atoms. The zero-order chi connectivity index (χ0) is 22.7. The van der Waals surface area contributed by atoms with Gasteiger partial charge in [0.25, 0.3) is 11.5 Å². The molecule has 0 spiro atoms. The Hall–Kier alpha value is -3.52. The lowest BCUT2D eigenvalue weighted by Crippen LogP contribution is -2.51. The molecule has 0 saturated carbocycles. The molecule has 166 valence electrons. The smallest absolute Gasteiger partial charge is 0.275 e. The Morgan fingerprint density at radius 3 is 2.19 bits per heavy atom. The van der Waals surface area contributed by atoms with E-state index in [9.17, 15) is 14.4 Å². The molecule has 3 aromatic rings. The maximum Gasteiger partial charge on any atom is 0.275 e. The van der Waals surface area contributed by atoms with Crippen molar-refractivity contribution in [3.63, 3.8) is 0 Å². The number of carbonyl (C=O) groups is 2. The fourth-order valence-electron chi connectivity index (χ4n) is 3.85. The van der Waals surface area contributed by atoms with Crippen LogP contribution in [0, 0.1) is 0 Å². The van der Waals surface area contributed by atoms with E-state index in [1.807, 2.05) is 41.3 Å². The Kier molecular flexibility index (Phi) is 6.32. The minimum atomic E-state index is -0.215. The number of carbonyl (C=O) groups excluding carboxylic acids is 2. The molecule has 8 heteroatoms. The van der Waals surface area contributed by atoms with Gasteiger partial charge in [0.1, 0.15) is 0 Å². The Morgan fingerprint density at radius 2 is 1.53 bits per heavy atom. The van der Waals surface area contributed by atoms with Crippen molar-refractivity contribution in [2.24, 2.45) is 0 Å². The van der Waals surface area contributed by atoms with E-state index in [0.29, 0.717) is 50.0 Å². The molecular formula is C24H27N5O3. The third-order valence-electron chi connectivity index (χ3n) is 5.76. The molecule has 1 saturated heterocycles. The summed E-state index contributed by atoms with van der Waals surface area (Å²) in [6, 6.07) is 16.7. The van der Waals surface area contributed by atoms with E-state index < -0.39 is 0 Å². The molecule has 0 radical (unpaired) electrons. The molecule has 1 fully saturated rings. The number of fused-ring (bicyclic) bond motifs is 1. The number of benzene rings is 2. The van der Waals surface area contributed by atoms with Crippen LogP contribution >= 0.6 is 0 Å². The van der Waals surface area contributed by atoms with Gasteiger partial charge in [-0.15, -0.1) is 0 Å². The van der Waals surface area contributed by atoms with Crippen LogP contribution in [0.1, 0.15) is 16.1 Å². The summed E-state index contributed by atoms with van der Waals surface area (Å²) in [5, 5.41) is 5.55. The highest BCUT2D eigenvalue weighted by atomic mass is 16.2. The molecule has 0 unspecified atom stereocenters. The van der Waals surface area contributed by atoms with E-state index in [1.54, 1.807) is 42.1 Å². The first-order valence-corrected chi connectivity index (χ1v) is 10.7. The number of nitrogens with zero attached hydrogens (tertiary/aromatic N) is 5. The van der Waals surface area contributed by atoms with Gasteiger partial charge in [-0.05, 0) is 11.6 Å². The van der Waals surface area contributed by atoms with Crippen molar-refractivity contribution in [3.8, 4) is 0 Å². The predicted molar refractivity (Wildman–Crippen MR) is 123 cm³/mol. The van der Waals surface area contributed by atoms with Gasteiger partial charge in [-0.2, -0.15) is 5.10 Å². The largest absolute Gasteiger partial charge is 0.348 e. The molecular weight excluding hydrogens is 406 g/mol. The van der Waals surface area contributed by atoms with Crippen LogP contribution in [0.15, 0.2) is 59.4 Å². The van der Waals surface area contributed by atoms with Gasteiger partial charge >= 0.3 is 0 Å². The number of piperazine rings is 1. The second-order valence-electron chi connectivity index (χ2n) is 8.20. The minimum absolute atomic E-state index is 0.0467. The van der Waals surface area contributed by atoms with Crippen molar-refractivity contribution < 1.29 is 9.59 Å². The fraction of sp³-hybridized carbons (Fsp3) is 0.333. The highest BCUT2D eigenvalue weighted by molar-refractivity contribution is 6.04. The summed E-state index contributed by atoms with van der Waals surface area (Å²) in [5.74, 6) is -0.146. The number of amides is 2. The van der Waals surface area contributed by atoms with Crippen molar-refractivity contribution in [1.29, 1.82) is 0 Å². The average molecular weight is 434 g/mol. The van der Waals surface area contributed by atoms with E-state index in [4.69, 9.17) is 0 Å². The summed E-state index contributed by atoms with van der Waals surface area (Å²) >= 11 is 0. The second-order valence-corrected chi connectivity index (χ2v) is 8.20. The third kappa shape index (κ3) is 4.55. The molecule has 4 rings (SSSR count). The minimum Gasteiger partial charge on any atom is -0.348 e. The lowest BCUT2D eigenvalue weighted by atomic mass is 10.1. The number of aromatic nitrogens is 2. The Morgan fingerprint density at radius 1 is 0.906 bits per heavy atom. The molecule has 32 heavy (non-hydrogen) atoms. The molecule has 8 nitrogen and oxygen atoms in total. The fourth-order valence-corrected chi connectivity index (χ4v) is 3.85. The van der Waals surface area contributed by atoms with Crippen molar-refractivity contribution in [2.75, 3.05) is 46.8 Å². The summed E-state index contributed by atoms with van der Waals surface area (Å²) in [6.45, 7) is 2.89. The first kappa shape index (κ1) is 21.7. The first-order chi connectivity index (χ1) is 15.4. The normalized spacial score (nSPS) is 14.5. The van der Waals surface area contributed by atoms with Gasteiger partial charge in [0.2, 0.25) is 5.91 Å². The standard InChI is InChI=1S/C24H27N5O3/c1-26(2)21(30)17-27-12-14-28(15-13-27)24(32)22-19-10-6-7-11-20(19)23(31)29(25-22)16-18-8-4-3-5-9-18/h3-11H,12-17H2,1-2H3. The topological polar surface area (TPSA) is 78.8 Å². The summed E-state index contributed by atoms with van der Waals surface area (Å²) in [7, 11) is 3.48. The zero-order valence-electron chi connectivity index (χ0n) is 18.4. The maximum atomic E-state index is 13.4. The number of rotatable bonds is 5. The molecule has 2 aromatic carbocycles. The van der Waals surface area contributed by atoms with Gasteiger partial charge in [-0.1, -0.05) is 48.5 Å². The van der Waals surface area contributed by atoms with Crippen LogP contribution in [0.25, 0.3) is 10.8 Å². The van der Waals surface area contributed by atoms with Gasteiger partial charge in [0.15, 0.2) is 5.69 Å². The van der Waals surface area contributed by atoms with Crippen molar-refractivity contribution in [1.82, 2.24) is 24.5 Å². The lowest BCUT2D eigenvalue weighted by Gasteiger charge is -2.34. The van der Waals surface area contributed by atoms with Crippen LogP contribution in [-0.2, 0) is 11.3 Å². The zero-order valence-corrected chi connectivity index (χ0v) is 18.4. The number of hydrogen-bond acceptors (Lipinski definition) is 5. The van der Waals surface area contributed by atoms with E-state index in [0.717, 1.165) is 5.56 Å². The first-order valence-electron chi connectivity index (χ1n) is 10.7. The Labute approximate surface area is 186 Å². The van der Waals surface area contributed by atoms with Crippen LogP contribution in [-0.4, -0.2) is 83.1 Å². The SMILES string of the molecule is CN(C)C(=O)CN1CCN(C(=O)c2nn(Cc3ccccc3)c(=O)c3ccccc23)CC1. The summed E-state index contributed by atoms with van der Waals surface area (Å²) in [6.07, 6.45) is 0. The van der Waals surface area contributed by atoms with Crippen LogP contribution in [0.4, 0.5) is 0 Å². The average Bonchev–Trinajstić information content (AvgIpc) is 2.81. The third-order valence-corrected chi connectivity index (χ3v) is 5.76. The molecule has 1 aromatic heterocycles.